The fourth-order valence-corrected chi connectivity index (χ4v) is 4.29. The zero-order valence-corrected chi connectivity index (χ0v) is 15.8. The summed E-state index contributed by atoms with van der Waals surface area (Å²) in [6.45, 7) is 2.04. The van der Waals surface area contributed by atoms with Crippen molar-refractivity contribution in [1.82, 2.24) is 9.55 Å². The van der Waals surface area contributed by atoms with Crippen LogP contribution in [-0.2, 0) is 16.0 Å². The van der Waals surface area contributed by atoms with Gasteiger partial charge in [-0.3, -0.25) is 9.36 Å². The summed E-state index contributed by atoms with van der Waals surface area (Å²) in [6, 6.07) is 10.2. The summed E-state index contributed by atoms with van der Waals surface area (Å²) in [7, 11) is 1.33. The van der Waals surface area contributed by atoms with Crippen molar-refractivity contribution in [3.8, 4) is 0 Å². The van der Waals surface area contributed by atoms with Gasteiger partial charge in [-0.15, -0.1) is 11.3 Å². The van der Waals surface area contributed by atoms with Crippen molar-refractivity contribution in [2.75, 3.05) is 13.4 Å². The van der Waals surface area contributed by atoms with Crippen molar-refractivity contribution in [2.45, 2.75) is 24.5 Å². The lowest BCUT2D eigenvalue weighted by Crippen LogP contribution is -2.33. The molecule has 0 saturated carbocycles. The molecule has 3 aromatic rings. The molecular formula is C18H18N2O3S2. The Balaban J connectivity index is 2.31. The molecule has 0 N–H and O–H groups in total. The molecule has 1 aromatic carbocycles. The predicted molar refractivity (Wildman–Crippen MR) is 102 cm³/mol. The highest BCUT2D eigenvalue weighted by atomic mass is 32.2. The topological polar surface area (TPSA) is 61.2 Å². The van der Waals surface area contributed by atoms with Crippen LogP contribution in [0.3, 0.4) is 0 Å². The van der Waals surface area contributed by atoms with E-state index in [1.54, 1.807) is 0 Å². The third-order valence-corrected chi connectivity index (χ3v) is 5.77. The lowest BCUT2D eigenvalue weighted by atomic mass is 10.1. The number of aryl methyl sites for hydroxylation is 1. The van der Waals surface area contributed by atoms with Crippen molar-refractivity contribution < 1.29 is 9.53 Å². The van der Waals surface area contributed by atoms with Crippen molar-refractivity contribution >= 4 is 39.3 Å². The van der Waals surface area contributed by atoms with E-state index in [1.165, 1.54) is 34.8 Å². The van der Waals surface area contributed by atoms with E-state index in [2.05, 4.69) is 4.98 Å². The Labute approximate surface area is 153 Å². The molecule has 1 atom stereocenters. The maximum absolute atomic E-state index is 13.2. The highest BCUT2D eigenvalue weighted by molar-refractivity contribution is 7.98. The fraction of sp³-hybridized carbons (Fsp3) is 0.278. The van der Waals surface area contributed by atoms with Gasteiger partial charge in [-0.1, -0.05) is 49.0 Å². The zero-order valence-electron chi connectivity index (χ0n) is 14.2. The Morgan fingerprint density at radius 1 is 1.36 bits per heavy atom. The number of carbonyl (C=O) groups is 1. The van der Waals surface area contributed by atoms with Crippen LogP contribution < -0.4 is 5.56 Å². The van der Waals surface area contributed by atoms with E-state index in [1.807, 2.05) is 49.6 Å². The minimum atomic E-state index is -0.858. The number of rotatable bonds is 5. The van der Waals surface area contributed by atoms with Crippen molar-refractivity contribution in [3.05, 3.63) is 57.2 Å². The molecule has 7 heteroatoms. The van der Waals surface area contributed by atoms with Crippen molar-refractivity contribution in [2.24, 2.45) is 0 Å². The first-order valence-electron chi connectivity index (χ1n) is 7.82. The largest absolute Gasteiger partial charge is 0.467 e. The molecule has 0 aliphatic carbocycles. The van der Waals surface area contributed by atoms with Gasteiger partial charge in [0.05, 0.1) is 12.5 Å². The van der Waals surface area contributed by atoms with E-state index in [-0.39, 0.29) is 5.56 Å². The van der Waals surface area contributed by atoms with Gasteiger partial charge in [0.1, 0.15) is 4.83 Å². The average molecular weight is 374 g/mol. The summed E-state index contributed by atoms with van der Waals surface area (Å²) in [5.74, 6) is -0.490. The zero-order chi connectivity index (χ0) is 18.0. The van der Waals surface area contributed by atoms with E-state index in [4.69, 9.17) is 4.74 Å². The van der Waals surface area contributed by atoms with E-state index < -0.39 is 12.0 Å². The summed E-state index contributed by atoms with van der Waals surface area (Å²) in [4.78, 5) is 32.1. The fourth-order valence-electron chi connectivity index (χ4n) is 2.71. The molecule has 3 rings (SSSR count). The SMILES string of the molecule is CCc1cc2c(=O)n(C(C(=O)OC)c3ccccc3)c(SC)nc2s1. The number of benzene rings is 1. The van der Waals surface area contributed by atoms with E-state index in [0.717, 1.165) is 11.3 Å². The van der Waals surface area contributed by atoms with Crippen LogP contribution in [0.1, 0.15) is 23.4 Å². The minimum Gasteiger partial charge on any atom is -0.467 e. The van der Waals surface area contributed by atoms with Crippen molar-refractivity contribution in [3.63, 3.8) is 0 Å². The van der Waals surface area contributed by atoms with Crippen LogP contribution in [0.4, 0.5) is 0 Å². The number of carbonyl (C=O) groups excluding carboxylic acids is 1. The molecule has 130 valence electrons. The molecule has 5 nitrogen and oxygen atoms in total. The molecule has 0 aliphatic rings. The second kappa shape index (κ2) is 7.41. The number of nitrogens with zero attached hydrogens (tertiary/aromatic N) is 2. The van der Waals surface area contributed by atoms with Crippen molar-refractivity contribution in [1.29, 1.82) is 0 Å². The summed E-state index contributed by atoms with van der Waals surface area (Å²) >= 11 is 2.86. The maximum atomic E-state index is 13.2. The quantitative estimate of drug-likeness (QED) is 0.389. The Morgan fingerprint density at radius 3 is 2.68 bits per heavy atom. The molecule has 1 unspecified atom stereocenters. The number of thiophene rings is 1. The van der Waals surface area contributed by atoms with Crippen LogP contribution in [0.25, 0.3) is 10.2 Å². The van der Waals surface area contributed by atoms with E-state index in [9.17, 15) is 9.59 Å². The van der Waals surface area contributed by atoms with Crippen LogP contribution in [0.2, 0.25) is 0 Å². The molecule has 0 bridgehead atoms. The van der Waals surface area contributed by atoms with Gasteiger partial charge in [-0.2, -0.15) is 0 Å². The number of fused-ring (bicyclic) bond motifs is 1. The predicted octanol–water partition coefficient (Wildman–Crippen LogP) is 3.50. The van der Waals surface area contributed by atoms with Crippen LogP contribution in [0.15, 0.2) is 46.3 Å². The first-order valence-corrected chi connectivity index (χ1v) is 9.86. The number of esters is 1. The van der Waals surface area contributed by atoms with Crippen LogP contribution in [0.5, 0.6) is 0 Å². The van der Waals surface area contributed by atoms with Crippen LogP contribution in [-0.4, -0.2) is 28.9 Å². The standard InChI is InChI=1S/C18H18N2O3S2/c1-4-12-10-13-15(25-12)19-18(24-3)20(16(13)21)14(17(22)23-2)11-8-6-5-7-9-11/h5-10,14H,4H2,1-3H3. The van der Waals surface area contributed by atoms with Crippen LogP contribution >= 0.6 is 23.1 Å². The number of ether oxygens (including phenoxy) is 1. The molecule has 2 aromatic heterocycles. The summed E-state index contributed by atoms with van der Waals surface area (Å²) < 4.78 is 6.43. The van der Waals surface area contributed by atoms with E-state index >= 15 is 0 Å². The third kappa shape index (κ3) is 3.21. The maximum Gasteiger partial charge on any atom is 0.333 e. The van der Waals surface area contributed by atoms with Gasteiger partial charge in [0.15, 0.2) is 11.2 Å². The van der Waals surface area contributed by atoms with Gasteiger partial charge in [0.25, 0.3) is 5.56 Å². The van der Waals surface area contributed by atoms with Gasteiger partial charge < -0.3 is 4.74 Å². The molecule has 0 aliphatic heterocycles. The summed E-state index contributed by atoms with van der Waals surface area (Å²) in [6.07, 6.45) is 2.69. The first-order chi connectivity index (χ1) is 12.1. The Bertz CT molecular complexity index is 964. The van der Waals surface area contributed by atoms with E-state index in [0.29, 0.717) is 20.9 Å². The monoisotopic (exact) mass is 374 g/mol. The second-order valence-electron chi connectivity index (χ2n) is 5.40. The lowest BCUT2D eigenvalue weighted by molar-refractivity contribution is -0.143. The highest BCUT2D eigenvalue weighted by Crippen LogP contribution is 2.28. The molecule has 0 amide bonds. The third-order valence-electron chi connectivity index (χ3n) is 3.94. The summed E-state index contributed by atoms with van der Waals surface area (Å²) in [5.41, 5.74) is 0.475. The van der Waals surface area contributed by atoms with Gasteiger partial charge in [-0.25, -0.2) is 9.78 Å². The van der Waals surface area contributed by atoms with Gasteiger partial charge >= 0.3 is 5.97 Å². The minimum absolute atomic E-state index is 0.218. The lowest BCUT2D eigenvalue weighted by Gasteiger charge is -2.20. The number of hydrogen-bond acceptors (Lipinski definition) is 6. The van der Waals surface area contributed by atoms with Gasteiger partial charge in [-0.05, 0) is 24.3 Å². The van der Waals surface area contributed by atoms with Crippen LogP contribution in [0, 0.1) is 0 Å². The Kier molecular flexibility index (Phi) is 5.24. The Morgan fingerprint density at radius 2 is 2.08 bits per heavy atom. The number of methoxy groups -OCH3 is 1. The molecule has 0 radical (unpaired) electrons. The molecular weight excluding hydrogens is 356 g/mol. The highest BCUT2D eigenvalue weighted by Gasteiger charge is 2.28. The molecule has 0 fully saturated rings. The Hall–Kier alpha value is -2.12. The molecule has 2 heterocycles. The molecule has 25 heavy (non-hydrogen) atoms. The normalized spacial score (nSPS) is 12.3. The van der Waals surface area contributed by atoms with Gasteiger partial charge in [0.2, 0.25) is 0 Å². The summed E-state index contributed by atoms with van der Waals surface area (Å²) in [5, 5.41) is 1.05. The van der Waals surface area contributed by atoms with Gasteiger partial charge in [0, 0.05) is 4.88 Å². The first kappa shape index (κ1) is 17.7. The molecule has 0 saturated heterocycles. The smallest absolute Gasteiger partial charge is 0.333 e. The molecule has 0 spiro atoms. The number of thioether (sulfide) groups is 1. The number of aromatic nitrogens is 2. The second-order valence-corrected chi connectivity index (χ2v) is 7.28. The average Bonchev–Trinajstić information content (AvgIpc) is 3.07. The number of hydrogen-bond donors (Lipinski definition) is 0.